The van der Waals surface area contributed by atoms with Gasteiger partial charge in [0.05, 0.1) is 10.6 Å². The van der Waals surface area contributed by atoms with Gasteiger partial charge in [0.2, 0.25) is 0 Å². The molecular formula is C17H11NO3S2. The lowest BCUT2D eigenvalue weighted by molar-refractivity contribution is 0.0701. The number of aromatic carboxylic acids is 1. The summed E-state index contributed by atoms with van der Waals surface area (Å²) in [6, 6.07) is 14.0. The highest BCUT2D eigenvalue weighted by molar-refractivity contribution is 7.22. The van der Waals surface area contributed by atoms with Crippen LogP contribution in [-0.2, 0) is 0 Å². The smallest absolute Gasteiger partial charge is 0.347 e. The second-order valence-corrected chi connectivity index (χ2v) is 7.13. The predicted octanol–water partition coefficient (Wildman–Crippen LogP) is 5.29. The van der Waals surface area contributed by atoms with Crippen LogP contribution in [0.15, 0.2) is 46.9 Å². The molecule has 1 aromatic carbocycles. The van der Waals surface area contributed by atoms with Crippen molar-refractivity contribution in [2.45, 2.75) is 6.92 Å². The molecule has 0 aliphatic rings. The first-order valence-electron chi connectivity index (χ1n) is 6.92. The molecular weight excluding hydrogens is 330 g/mol. The summed E-state index contributed by atoms with van der Waals surface area (Å²) in [5, 5.41) is 10.9. The van der Waals surface area contributed by atoms with Gasteiger partial charge in [0, 0.05) is 4.70 Å². The highest BCUT2D eigenvalue weighted by atomic mass is 32.1. The number of carboxylic acid groups (broad SMARTS) is 1. The molecule has 0 unspecified atom stereocenters. The minimum atomic E-state index is -0.956. The molecule has 6 heteroatoms. The Morgan fingerprint density at radius 1 is 1.13 bits per heavy atom. The number of nitrogens with zero attached hydrogens (tertiary/aromatic N) is 1. The molecule has 3 aromatic heterocycles. The number of aromatic nitrogens is 1. The fraction of sp³-hybridized carbons (Fsp3) is 0.0588. The Hall–Kier alpha value is -2.44. The molecule has 3 heterocycles. The van der Waals surface area contributed by atoms with Crippen LogP contribution in [0.1, 0.15) is 15.4 Å². The third-order valence-electron chi connectivity index (χ3n) is 3.48. The largest absolute Gasteiger partial charge is 0.477 e. The highest BCUT2D eigenvalue weighted by Crippen LogP contribution is 2.37. The van der Waals surface area contributed by atoms with Gasteiger partial charge in [-0.15, -0.1) is 22.7 Å². The molecule has 0 bridgehead atoms. The van der Waals surface area contributed by atoms with E-state index in [1.54, 1.807) is 18.3 Å². The number of benzene rings is 1. The van der Waals surface area contributed by atoms with Gasteiger partial charge in [-0.1, -0.05) is 18.2 Å². The van der Waals surface area contributed by atoms with Crippen molar-refractivity contribution >= 4 is 38.7 Å². The summed E-state index contributed by atoms with van der Waals surface area (Å²) in [7, 11) is 0. The van der Waals surface area contributed by atoms with Crippen molar-refractivity contribution in [3.63, 3.8) is 0 Å². The molecule has 0 spiro atoms. The van der Waals surface area contributed by atoms with Crippen LogP contribution >= 0.6 is 22.7 Å². The van der Waals surface area contributed by atoms with Crippen molar-refractivity contribution in [1.29, 1.82) is 0 Å². The van der Waals surface area contributed by atoms with Crippen LogP contribution in [0.5, 0.6) is 0 Å². The summed E-state index contributed by atoms with van der Waals surface area (Å²) >= 11 is 2.80. The predicted molar refractivity (Wildman–Crippen MR) is 92.3 cm³/mol. The molecule has 1 N–H and O–H groups in total. The summed E-state index contributed by atoms with van der Waals surface area (Å²) in [5.41, 5.74) is 0.511. The van der Waals surface area contributed by atoms with Crippen molar-refractivity contribution in [2.24, 2.45) is 0 Å². The van der Waals surface area contributed by atoms with Gasteiger partial charge in [0.15, 0.2) is 10.8 Å². The van der Waals surface area contributed by atoms with E-state index < -0.39 is 5.97 Å². The first-order valence-corrected chi connectivity index (χ1v) is 8.55. The summed E-state index contributed by atoms with van der Waals surface area (Å²) < 4.78 is 7.11. The Balaban J connectivity index is 1.74. The van der Waals surface area contributed by atoms with Crippen molar-refractivity contribution in [3.8, 4) is 21.4 Å². The molecule has 0 fully saturated rings. The third kappa shape index (κ3) is 2.46. The zero-order valence-electron chi connectivity index (χ0n) is 12.1. The second kappa shape index (κ2) is 5.33. The van der Waals surface area contributed by atoms with Crippen LogP contribution in [0.3, 0.4) is 0 Å². The van der Waals surface area contributed by atoms with Gasteiger partial charge < -0.3 is 9.52 Å². The first-order chi connectivity index (χ1) is 11.1. The van der Waals surface area contributed by atoms with Crippen LogP contribution in [0.4, 0.5) is 0 Å². The zero-order valence-corrected chi connectivity index (χ0v) is 13.7. The van der Waals surface area contributed by atoms with E-state index in [1.165, 1.54) is 10.1 Å². The van der Waals surface area contributed by atoms with Gasteiger partial charge in [-0.05, 0) is 36.6 Å². The number of thiophene rings is 1. The van der Waals surface area contributed by atoms with E-state index in [9.17, 15) is 4.79 Å². The summed E-state index contributed by atoms with van der Waals surface area (Å²) in [6.45, 7) is 1.69. The van der Waals surface area contributed by atoms with Gasteiger partial charge in [0.1, 0.15) is 10.6 Å². The van der Waals surface area contributed by atoms with E-state index in [4.69, 9.17) is 9.52 Å². The maximum atomic E-state index is 11.1. The SMILES string of the molecule is Cc1nc(-c2ccc(-c3cc4ccccc4s3)o2)sc1C(=O)O. The number of hydrogen-bond acceptors (Lipinski definition) is 5. The average molecular weight is 341 g/mol. The van der Waals surface area contributed by atoms with Crippen molar-refractivity contribution in [2.75, 3.05) is 0 Å². The molecule has 0 aliphatic carbocycles. The Labute approximate surface area is 139 Å². The van der Waals surface area contributed by atoms with E-state index in [2.05, 4.69) is 23.2 Å². The lowest BCUT2D eigenvalue weighted by Gasteiger charge is -1.90. The van der Waals surface area contributed by atoms with E-state index in [0.29, 0.717) is 16.5 Å². The molecule has 0 saturated heterocycles. The topological polar surface area (TPSA) is 63.3 Å². The fourth-order valence-corrected chi connectivity index (χ4v) is 4.28. The summed E-state index contributed by atoms with van der Waals surface area (Å²) in [5.74, 6) is 0.409. The van der Waals surface area contributed by atoms with E-state index >= 15 is 0 Å². The maximum absolute atomic E-state index is 11.1. The van der Waals surface area contributed by atoms with Crippen LogP contribution < -0.4 is 0 Å². The number of thiazole rings is 1. The minimum Gasteiger partial charge on any atom is -0.477 e. The van der Waals surface area contributed by atoms with Gasteiger partial charge in [-0.25, -0.2) is 9.78 Å². The average Bonchev–Trinajstić information content (AvgIpc) is 3.23. The van der Waals surface area contributed by atoms with Gasteiger partial charge in [0.25, 0.3) is 0 Å². The molecule has 0 aliphatic heterocycles. The minimum absolute atomic E-state index is 0.250. The van der Waals surface area contributed by atoms with Gasteiger partial charge in [-0.2, -0.15) is 0 Å². The molecule has 0 atom stereocenters. The number of fused-ring (bicyclic) bond motifs is 1. The number of carbonyl (C=O) groups is 1. The summed E-state index contributed by atoms with van der Waals surface area (Å²) in [6.07, 6.45) is 0. The van der Waals surface area contributed by atoms with E-state index in [1.807, 2.05) is 24.3 Å². The standard InChI is InChI=1S/C17H11NO3S2/c1-9-15(17(19)20)23-16(18-9)12-7-6-11(21-12)14-8-10-4-2-3-5-13(10)22-14/h2-8H,1H3,(H,19,20). The quantitative estimate of drug-likeness (QED) is 0.550. The van der Waals surface area contributed by atoms with Crippen LogP contribution in [0.2, 0.25) is 0 Å². The van der Waals surface area contributed by atoms with E-state index in [-0.39, 0.29) is 4.88 Å². The van der Waals surface area contributed by atoms with Gasteiger partial charge >= 0.3 is 5.97 Å². The molecule has 0 saturated carbocycles. The fourth-order valence-electron chi connectivity index (χ4n) is 2.39. The Kier molecular flexibility index (Phi) is 3.28. The van der Waals surface area contributed by atoms with Crippen LogP contribution in [-0.4, -0.2) is 16.1 Å². The lowest BCUT2D eigenvalue weighted by Crippen LogP contribution is -1.94. The Bertz CT molecular complexity index is 993. The molecule has 4 aromatic rings. The monoisotopic (exact) mass is 341 g/mol. The molecule has 114 valence electrons. The maximum Gasteiger partial charge on any atom is 0.347 e. The molecule has 23 heavy (non-hydrogen) atoms. The third-order valence-corrected chi connectivity index (χ3v) is 5.77. The second-order valence-electron chi connectivity index (χ2n) is 5.05. The van der Waals surface area contributed by atoms with Crippen molar-refractivity contribution < 1.29 is 14.3 Å². The number of aryl methyl sites for hydroxylation is 1. The van der Waals surface area contributed by atoms with Crippen LogP contribution in [0, 0.1) is 6.92 Å². The number of furan rings is 1. The van der Waals surface area contributed by atoms with Crippen LogP contribution in [0.25, 0.3) is 31.5 Å². The normalized spacial score (nSPS) is 11.2. The Morgan fingerprint density at radius 2 is 1.91 bits per heavy atom. The first kappa shape index (κ1) is 14.2. The van der Waals surface area contributed by atoms with Gasteiger partial charge in [-0.3, -0.25) is 0 Å². The highest BCUT2D eigenvalue weighted by Gasteiger charge is 2.18. The number of carboxylic acids is 1. The van der Waals surface area contributed by atoms with E-state index in [0.717, 1.165) is 22.0 Å². The zero-order chi connectivity index (χ0) is 16.0. The number of hydrogen-bond donors (Lipinski definition) is 1. The molecule has 4 nitrogen and oxygen atoms in total. The van der Waals surface area contributed by atoms with Crippen molar-refractivity contribution in [1.82, 2.24) is 4.98 Å². The number of rotatable bonds is 3. The summed E-state index contributed by atoms with van der Waals surface area (Å²) in [4.78, 5) is 16.7. The Morgan fingerprint density at radius 3 is 2.65 bits per heavy atom. The molecule has 0 amide bonds. The molecule has 0 radical (unpaired) electrons. The molecule has 4 rings (SSSR count). The van der Waals surface area contributed by atoms with Crippen molar-refractivity contribution in [3.05, 3.63) is 53.0 Å². The lowest BCUT2D eigenvalue weighted by atomic mass is 10.2.